The van der Waals surface area contributed by atoms with Gasteiger partial charge in [-0.15, -0.1) is 23.1 Å². The summed E-state index contributed by atoms with van der Waals surface area (Å²) in [6, 6.07) is 0. The minimum Gasteiger partial charge on any atom is -0.469 e. The van der Waals surface area contributed by atoms with Crippen molar-refractivity contribution in [2.24, 2.45) is 0 Å². The van der Waals surface area contributed by atoms with Crippen LogP contribution in [0.15, 0.2) is 5.38 Å². The molecule has 0 aliphatic carbocycles. The van der Waals surface area contributed by atoms with Crippen LogP contribution in [-0.2, 0) is 16.0 Å². The summed E-state index contributed by atoms with van der Waals surface area (Å²) in [5.74, 6) is 3.35. The van der Waals surface area contributed by atoms with Gasteiger partial charge in [0, 0.05) is 22.6 Å². The summed E-state index contributed by atoms with van der Waals surface area (Å²) >= 11 is 5.60. The van der Waals surface area contributed by atoms with Gasteiger partial charge in [-0.05, 0) is 0 Å². The first-order chi connectivity index (χ1) is 7.79. The number of rotatable bonds is 3. The second-order valence-corrected chi connectivity index (χ2v) is 6.71. The molecule has 6 heteroatoms. The van der Waals surface area contributed by atoms with Gasteiger partial charge in [0.2, 0.25) is 0 Å². The number of hydrogen-bond acceptors (Lipinski definition) is 6. The molecule has 1 aromatic rings. The number of thiazole rings is 1. The summed E-state index contributed by atoms with van der Waals surface area (Å²) in [5, 5.41) is 3.62. The highest BCUT2D eigenvalue weighted by atomic mass is 32.2. The van der Waals surface area contributed by atoms with Crippen molar-refractivity contribution in [1.29, 1.82) is 0 Å². The van der Waals surface area contributed by atoms with E-state index in [2.05, 4.69) is 9.72 Å². The quantitative estimate of drug-likeness (QED) is 0.792. The fraction of sp³-hybridized carbons (Fsp3) is 0.600. The van der Waals surface area contributed by atoms with Crippen LogP contribution in [0.4, 0.5) is 0 Å². The molecule has 0 amide bonds. The summed E-state index contributed by atoms with van der Waals surface area (Å²) in [7, 11) is 1.41. The smallest absolute Gasteiger partial charge is 0.311 e. The Bertz CT molecular complexity index is 361. The van der Waals surface area contributed by atoms with Crippen molar-refractivity contribution in [1.82, 2.24) is 4.98 Å². The lowest BCUT2D eigenvalue weighted by atomic mass is 10.3. The first-order valence-electron chi connectivity index (χ1n) is 5.00. The van der Waals surface area contributed by atoms with Gasteiger partial charge in [-0.25, -0.2) is 4.98 Å². The molecule has 0 saturated carbocycles. The van der Waals surface area contributed by atoms with E-state index in [1.807, 2.05) is 28.9 Å². The molecule has 0 N–H and O–H groups in total. The lowest BCUT2D eigenvalue weighted by molar-refractivity contribution is -0.139. The lowest BCUT2D eigenvalue weighted by Gasteiger charge is -2.18. The van der Waals surface area contributed by atoms with Crippen LogP contribution in [-0.4, -0.2) is 35.3 Å². The van der Waals surface area contributed by atoms with Gasteiger partial charge in [0.15, 0.2) is 0 Å². The molecule has 0 aromatic carbocycles. The first kappa shape index (κ1) is 12.3. The molecule has 0 bridgehead atoms. The van der Waals surface area contributed by atoms with Crippen LogP contribution >= 0.6 is 34.9 Å². The molecule has 0 spiro atoms. The second kappa shape index (κ2) is 5.93. The van der Waals surface area contributed by atoms with E-state index in [-0.39, 0.29) is 12.4 Å². The van der Waals surface area contributed by atoms with E-state index >= 15 is 0 Å². The Morgan fingerprint density at radius 2 is 2.50 bits per heavy atom. The number of carbonyl (C=O) groups is 1. The highest BCUT2D eigenvalue weighted by Crippen LogP contribution is 2.37. The first-order valence-corrected chi connectivity index (χ1v) is 8.08. The Morgan fingerprint density at radius 3 is 3.19 bits per heavy atom. The highest BCUT2D eigenvalue weighted by molar-refractivity contribution is 8.06. The van der Waals surface area contributed by atoms with Crippen LogP contribution in [0, 0.1) is 0 Å². The van der Waals surface area contributed by atoms with Crippen LogP contribution in [0.25, 0.3) is 0 Å². The molecule has 1 aromatic heterocycles. The van der Waals surface area contributed by atoms with Crippen LogP contribution in [0.3, 0.4) is 0 Å². The Balaban J connectivity index is 1.98. The van der Waals surface area contributed by atoms with Gasteiger partial charge in [0.1, 0.15) is 5.01 Å². The molecule has 16 heavy (non-hydrogen) atoms. The van der Waals surface area contributed by atoms with Crippen molar-refractivity contribution < 1.29 is 9.53 Å². The number of hydrogen-bond donors (Lipinski definition) is 0. The number of thioether (sulfide) groups is 2. The summed E-state index contributed by atoms with van der Waals surface area (Å²) < 4.78 is 4.63. The van der Waals surface area contributed by atoms with E-state index in [4.69, 9.17) is 0 Å². The SMILES string of the molecule is COC(=O)Cc1csc(C2CSCCS2)n1. The average Bonchev–Trinajstić information content (AvgIpc) is 2.78. The zero-order valence-electron chi connectivity index (χ0n) is 8.97. The number of aromatic nitrogens is 1. The zero-order chi connectivity index (χ0) is 11.4. The molecule has 1 aliphatic heterocycles. The van der Waals surface area contributed by atoms with Crippen LogP contribution in [0.5, 0.6) is 0 Å². The molecule has 1 fully saturated rings. The van der Waals surface area contributed by atoms with E-state index in [0.717, 1.165) is 16.5 Å². The number of carbonyl (C=O) groups excluding carboxylic acids is 1. The van der Waals surface area contributed by atoms with Gasteiger partial charge < -0.3 is 4.74 Å². The molecule has 1 saturated heterocycles. The van der Waals surface area contributed by atoms with Crippen molar-refractivity contribution in [3.8, 4) is 0 Å². The third-order valence-electron chi connectivity index (χ3n) is 2.21. The second-order valence-electron chi connectivity index (χ2n) is 3.36. The van der Waals surface area contributed by atoms with E-state index in [1.165, 1.54) is 18.6 Å². The summed E-state index contributed by atoms with van der Waals surface area (Å²) in [6.45, 7) is 0. The molecule has 2 rings (SSSR count). The molecule has 0 radical (unpaired) electrons. The normalized spacial score (nSPS) is 20.7. The minimum atomic E-state index is -0.220. The largest absolute Gasteiger partial charge is 0.469 e. The predicted molar refractivity (Wildman–Crippen MR) is 70.4 cm³/mol. The molecule has 1 atom stereocenters. The average molecular weight is 275 g/mol. The topological polar surface area (TPSA) is 39.2 Å². The van der Waals surface area contributed by atoms with Crippen LogP contribution in [0.2, 0.25) is 0 Å². The molecular weight excluding hydrogens is 262 g/mol. The Morgan fingerprint density at radius 1 is 1.62 bits per heavy atom. The Labute approximate surface area is 107 Å². The summed E-state index contributed by atoms with van der Waals surface area (Å²) in [6.07, 6.45) is 0.289. The number of ether oxygens (including phenoxy) is 1. The third-order valence-corrected chi connectivity index (χ3v) is 6.13. The molecule has 2 heterocycles. The van der Waals surface area contributed by atoms with Crippen molar-refractivity contribution in [3.63, 3.8) is 0 Å². The maximum Gasteiger partial charge on any atom is 0.311 e. The summed E-state index contributed by atoms with van der Waals surface area (Å²) in [5.41, 5.74) is 0.836. The number of methoxy groups -OCH3 is 1. The Kier molecular flexibility index (Phi) is 4.55. The van der Waals surface area contributed by atoms with Gasteiger partial charge in [0.05, 0.1) is 24.5 Å². The minimum absolute atomic E-state index is 0.220. The van der Waals surface area contributed by atoms with Gasteiger partial charge in [-0.2, -0.15) is 11.8 Å². The van der Waals surface area contributed by atoms with Crippen molar-refractivity contribution in [3.05, 3.63) is 16.1 Å². The van der Waals surface area contributed by atoms with E-state index in [9.17, 15) is 4.79 Å². The highest BCUT2D eigenvalue weighted by Gasteiger charge is 2.20. The van der Waals surface area contributed by atoms with Crippen molar-refractivity contribution >= 4 is 40.8 Å². The number of esters is 1. The fourth-order valence-corrected chi connectivity index (χ4v) is 5.22. The van der Waals surface area contributed by atoms with E-state index < -0.39 is 0 Å². The van der Waals surface area contributed by atoms with Crippen LogP contribution in [0.1, 0.15) is 16.0 Å². The standard InChI is InChI=1S/C10H13NO2S3/c1-13-9(12)4-7-5-16-10(11-7)8-6-14-2-3-15-8/h5,8H,2-4,6H2,1H3. The number of nitrogens with zero attached hydrogens (tertiary/aromatic N) is 1. The maximum atomic E-state index is 11.1. The Hall–Kier alpha value is -0.200. The maximum absolute atomic E-state index is 11.1. The van der Waals surface area contributed by atoms with E-state index in [1.54, 1.807) is 11.3 Å². The lowest BCUT2D eigenvalue weighted by Crippen LogP contribution is -2.07. The molecule has 1 unspecified atom stereocenters. The van der Waals surface area contributed by atoms with E-state index in [0.29, 0.717) is 5.25 Å². The third kappa shape index (κ3) is 3.15. The zero-order valence-corrected chi connectivity index (χ0v) is 11.4. The molecule has 1 aliphatic rings. The van der Waals surface area contributed by atoms with Crippen molar-refractivity contribution in [2.75, 3.05) is 24.4 Å². The summed E-state index contributed by atoms with van der Waals surface area (Å²) in [4.78, 5) is 15.6. The monoisotopic (exact) mass is 275 g/mol. The molecule has 3 nitrogen and oxygen atoms in total. The van der Waals surface area contributed by atoms with Crippen molar-refractivity contribution in [2.45, 2.75) is 11.7 Å². The molecule has 88 valence electrons. The predicted octanol–water partition coefficient (Wildman–Crippen LogP) is 2.38. The fourth-order valence-electron chi connectivity index (χ4n) is 1.40. The van der Waals surface area contributed by atoms with Gasteiger partial charge in [0.25, 0.3) is 0 Å². The molecular formula is C10H13NO2S3. The van der Waals surface area contributed by atoms with Gasteiger partial charge in [-0.1, -0.05) is 0 Å². The van der Waals surface area contributed by atoms with Gasteiger partial charge in [-0.3, -0.25) is 4.79 Å². The van der Waals surface area contributed by atoms with Crippen LogP contribution < -0.4 is 0 Å². The van der Waals surface area contributed by atoms with Gasteiger partial charge >= 0.3 is 5.97 Å².